The van der Waals surface area contributed by atoms with Crippen LogP contribution in [-0.4, -0.2) is 5.11 Å². The summed E-state index contributed by atoms with van der Waals surface area (Å²) in [6, 6.07) is 7.58. The Morgan fingerprint density at radius 3 is 2.06 bits per heavy atom. The minimum atomic E-state index is -0.777. The molecular formula is C15H23ClO. The quantitative estimate of drug-likeness (QED) is 0.803. The van der Waals surface area contributed by atoms with E-state index in [9.17, 15) is 5.11 Å². The van der Waals surface area contributed by atoms with Crippen molar-refractivity contribution < 1.29 is 5.11 Å². The van der Waals surface area contributed by atoms with Gasteiger partial charge in [-0.15, -0.1) is 0 Å². The van der Waals surface area contributed by atoms with Crippen LogP contribution < -0.4 is 0 Å². The highest BCUT2D eigenvalue weighted by molar-refractivity contribution is 6.30. The smallest absolute Gasteiger partial charge is 0.0946 e. The minimum Gasteiger partial charge on any atom is -0.385 e. The molecular weight excluding hydrogens is 232 g/mol. The molecule has 0 saturated heterocycles. The van der Waals surface area contributed by atoms with Crippen LogP contribution in [0.25, 0.3) is 0 Å². The number of hydrogen-bond acceptors (Lipinski definition) is 1. The van der Waals surface area contributed by atoms with Crippen molar-refractivity contribution in [3.05, 3.63) is 34.9 Å². The molecule has 96 valence electrons. The van der Waals surface area contributed by atoms with Gasteiger partial charge in [-0.25, -0.2) is 0 Å². The lowest BCUT2D eigenvalue weighted by Crippen LogP contribution is -2.41. The van der Waals surface area contributed by atoms with Gasteiger partial charge in [-0.05, 0) is 36.0 Å². The van der Waals surface area contributed by atoms with Gasteiger partial charge in [-0.3, -0.25) is 0 Å². The third-order valence-electron chi connectivity index (χ3n) is 3.94. The minimum absolute atomic E-state index is 0.142. The van der Waals surface area contributed by atoms with Crippen LogP contribution in [0, 0.1) is 5.41 Å². The first-order valence-electron chi connectivity index (χ1n) is 6.36. The zero-order valence-electron chi connectivity index (χ0n) is 11.3. The predicted molar refractivity (Wildman–Crippen MR) is 74.3 cm³/mol. The van der Waals surface area contributed by atoms with Gasteiger partial charge in [0.05, 0.1) is 5.60 Å². The van der Waals surface area contributed by atoms with Crippen molar-refractivity contribution in [2.75, 3.05) is 0 Å². The van der Waals surface area contributed by atoms with E-state index in [0.29, 0.717) is 5.02 Å². The summed E-state index contributed by atoms with van der Waals surface area (Å²) < 4.78 is 0. The van der Waals surface area contributed by atoms with Gasteiger partial charge in [-0.2, -0.15) is 0 Å². The fourth-order valence-corrected chi connectivity index (χ4v) is 2.38. The number of aliphatic hydroxyl groups is 1. The fraction of sp³-hybridized carbons (Fsp3) is 0.600. The first-order chi connectivity index (χ1) is 7.87. The second-order valence-corrected chi connectivity index (χ2v) is 5.79. The van der Waals surface area contributed by atoms with Crippen LogP contribution in [0.4, 0.5) is 0 Å². The average Bonchev–Trinajstić information content (AvgIpc) is 2.29. The molecule has 0 spiro atoms. The molecule has 1 rings (SSSR count). The van der Waals surface area contributed by atoms with Crippen LogP contribution in [-0.2, 0) is 5.60 Å². The van der Waals surface area contributed by atoms with E-state index in [1.807, 2.05) is 24.3 Å². The molecule has 1 aromatic carbocycles. The van der Waals surface area contributed by atoms with E-state index in [-0.39, 0.29) is 5.41 Å². The number of halogens is 1. The zero-order chi connectivity index (χ0) is 13.1. The van der Waals surface area contributed by atoms with Gasteiger partial charge in [-0.1, -0.05) is 57.8 Å². The SMILES string of the molecule is CCCC(O)(c1ccc(Cl)cc1)C(C)(C)CC. The largest absolute Gasteiger partial charge is 0.385 e. The Labute approximate surface area is 110 Å². The zero-order valence-corrected chi connectivity index (χ0v) is 12.0. The highest BCUT2D eigenvalue weighted by Gasteiger charge is 2.42. The molecule has 0 saturated carbocycles. The first-order valence-corrected chi connectivity index (χ1v) is 6.73. The van der Waals surface area contributed by atoms with Crippen LogP contribution in [0.15, 0.2) is 24.3 Å². The maximum atomic E-state index is 11.1. The molecule has 17 heavy (non-hydrogen) atoms. The molecule has 1 atom stereocenters. The van der Waals surface area contributed by atoms with Crippen molar-refractivity contribution in [1.29, 1.82) is 0 Å². The Kier molecular flexibility index (Phi) is 4.62. The Hall–Kier alpha value is -0.530. The van der Waals surface area contributed by atoms with Crippen molar-refractivity contribution in [3.63, 3.8) is 0 Å². The van der Waals surface area contributed by atoms with Gasteiger partial charge in [0.2, 0.25) is 0 Å². The van der Waals surface area contributed by atoms with E-state index in [0.717, 1.165) is 24.8 Å². The van der Waals surface area contributed by atoms with Crippen LogP contribution in [0.2, 0.25) is 5.02 Å². The molecule has 0 bridgehead atoms. The molecule has 1 aromatic rings. The summed E-state index contributed by atoms with van der Waals surface area (Å²) in [4.78, 5) is 0. The molecule has 0 radical (unpaired) electrons. The average molecular weight is 255 g/mol. The maximum Gasteiger partial charge on any atom is 0.0946 e. The highest BCUT2D eigenvalue weighted by Crippen LogP contribution is 2.45. The molecule has 0 aliphatic rings. The number of hydrogen-bond donors (Lipinski definition) is 1. The molecule has 1 unspecified atom stereocenters. The molecule has 0 heterocycles. The van der Waals surface area contributed by atoms with Crippen molar-refractivity contribution >= 4 is 11.6 Å². The lowest BCUT2D eigenvalue weighted by atomic mass is 9.67. The summed E-state index contributed by atoms with van der Waals surface area (Å²) in [5.74, 6) is 0. The summed E-state index contributed by atoms with van der Waals surface area (Å²) in [5, 5.41) is 11.8. The molecule has 0 aliphatic heterocycles. The van der Waals surface area contributed by atoms with Crippen LogP contribution in [0.1, 0.15) is 52.5 Å². The summed E-state index contributed by atoms with van der Waals surface area (Å²) in [6.07, 6.45) is 2.67. The second-order valence-electron chi connectivity index (χ2n) is 5.35. The fourth-order valence-electron chi connectivity index (χ4n) is 2.25. The molecule has 2 heteroatoms. The molecule has 0 aromatic heterocycles. The third-order valence-corrected chi connectivity index (χ3v) is 4.19. The number of benzene rings is 1. The molecule has 1 nitrogen and oxygen atoms in total. The normalized spacial score (nSPS) is 15.6. The van der Waals surface area contributed by atoms with Crippen molar-refractivity contribution in [1.82, 2.24) is 0 Å². The summed E-state index contributed by atoms with van der Waals surface area (Å²) in [7, 11) is 0. The summed E-state index contributed by atoms with van der Waals surface area (Å²) >= 11 is 5.91. The summed E-state index contributed by atoms with van der Waals surface area (Å²) in [5.41, 5.74) is 0.0494. The van der Waals surface area contributed by atoms with E-state index in [4.69, 9.17) is 11.6 Å². The highest BCUT2D eigenvalue weighted by atomic mass is 35.5. The van der Waals surface area contributed by atoms with Crippen LogP contribution >= 0.6 is 11.6 Å². The maximum absolute atomic E-state index is 11.1. The van der Waals surface area contributed by atoms with Crippen LogP contribution in [0.3, 0.4) is 0 Å². The molecule has 0 aliphatic carbocycles. The lowest BCUT2D eigenvalue weighted by molar-refractivity contribution is -0.0830. The van der Waals surface area contributed by atoms with E-state index in [1.54, 1.807) is 0 Å². The molecule has 1 N–H and O–H groups in total. The second kappa shape index (κ2) is 5.41. The predicted octanol–water partition coefficient (Wildman–Crippen LogP) is 4.76. The topological polar surface area (TPSA) is 20.2 Å². The van der Waals surface area contributed by atoms with Crippen molar-refractivity contribution in [3.8, 4) is 0 Å². The Morgan fingerprint density at radius 2 is 1.65 bits per heavy atom. The third kappa shape index (κ3) is 2.83. The van der Waals surface area contributed by atoms with Crippen LogP contribution in [0.5, 0.6) is 0 Å². The van der Waals surface area contributed by atoms with E-state index in [1.165, 1.54) is 0 Å². The van der Waals surface area contributed by atoms with Gasteiger partial charge >= 0.3 is 0 Å². The van der Waals surface area contributed by atoms with E-state index < -0.39 is 5.60 Å². The van der Waals surface area contributed by atoms with Gasteiger partial charge in [0.15, 0.2) is 0 Å². The van der Waals surface area contributed by atoms with Gasteiger partial charge < -0.3 is 5.11 Å². The first kappa shape index (κ1) is 14.5. The Balaban J connectivity index is 3.20. The standard InChI is InChI=1S/C15H23ClO/c1-5-11-15(17,14(3,4)6-2)12-7-9-13(16)10-8-12/h7-10,17H,5-6,11H2,1-4H3. The molecule has 0 amide bonds. The van der Waals surface area contributed by atoms with Gasteiger partial charge in [0, 0.05) is 5.02 Å². The lowest BCUT2D eigenvalue weighted by Gasteiger charge is -2.43. The number of rotatable bonds is 5. The summed E-state index contributed by atoms with van der Waals surface area (Å²) in [6.45, 7) is 8.47. The van der Waals surface area contributed by atoms with E-state index >= 15 is 0 Å². The Morgan fingerprint density at radius 1 is 1.12 bits per heavy atom. The van der Waals surface area contributed by atoms with Gasteiger partial charge in [0.1, 0.15) is 0 Å². The van der Waals surface area contributed by atoms with Crippen molar-refractivity contribution in [2.24, 2.45) is 5.41 Å². The molecule has 0 fully saturated rings. The van der Waals surface area contributed by atoms with E-state index in [2.05, 4.69) is 27.7 Å². The van der Waals surface area contributed by atoms with Gasteiger partial charge in [0.25, 0.3) is 0 Å². The Bertz CT molecular complexity index is 356. The van der Waals surface area contributed by atoms with Crippen molar-refractivity contribution in [2.45, 2.75) is 52.6 Å². The monoisotopic (exact) mass is 254 g/mol.